The van der Waals surface area contributed by atoms with Gasteiger partial charge in [-0.25, -0.2) is 0 Å². The third-order valence-electron chi connectivity index (χ3n) is 3.88. The molecular formula is C16H20N2O4. The number of anilines is 1. The number of likely N-dealkylation sites (N-methyl/N-ethyl adjacent to an activating group) is 1. The summed E-state index contributed by atoms with van der Waals surface area (Å²) in [5.74, 6) is -1.58. The normalized spacial score (nSPS) is 16.6. The number of hydrogen-bond acceptors (Lipinski definition) is 3. The Hall–Kier alpha value is -2.37. The molecule has 0 aromatic heterocycles. The predicted molar refractivity (Wildman–Crippen MR) is 81.4 cm³/mol. The highest BCUT2D eigenvalue weighted by Crippen LogP contribution is 2.27. The summed E-state index contributed by atoms with van der Waals surface area (Å²) in [7, 11) is 0. The first-order valence-electron chi connectivity index (χ1n) is 7.39. The summed E-state index contributed by atoms with van der Waals surface area (Å²) in [6.07, 6.45) is 1.22. The van der Waals surface area contributed by atoms with E-state index < -0.39 is 5.97 Å². The molecule has 0 aliphatic carbocycles. The molecule has 22 heavy (non-hydrogen) atoms. The average molecular weight is 304 g/mol. The fourth-order valence-corrected chi connectivity index (χ4v) is 2.64. The van der Waals surface area contributed by atoms with Crippen molar-refractivity contribution in [1.29, 1.82) is 0 Å². The zero-order valence-corrected chi connectivity index (χ0v) is 12.5. The van der Waals surface area contributed by atoms with Crippen LogP contribution in [0.1, 0.15) is 25.3 Å². The Balaban J connectivity index is 1.93. The Kier molecular flexibility index (Phi) is 5.14. The molecule has 1 heterocycles. The highest BCUT2D eigenvalue weighted by Gasteiger charge is 2.27. The van der Waals surface area contributed by atoms with Crippen LogP contribution in [0.25, 0.3) is 0 Å². The number of fused-ring (bicyclic) bond motifs is 1. The van der Waals surface area contributed by atoms with Gasteiger partial charge in [-0.2, -0.15) is 0 Å². The standard InChI is InChI=1S/C16H20N2O4/c1-2-18(10-15(20)21)14(19)8-7-12-9-11-5-3-4-6-13(11)17-16(12)22/h3-6,12H,2,7-10H2,1H3,(H,17,22)(H,20,21). The van der Waals surface area contributed by atoms with E-state index in [0.29, 0.717) is 19.4 Å². The van der Waals surface area contributed by atoms with Crippen LogP contribution in [-0.2, 0) is 20.8 Å². The number of carboxylic acids is 1. The number of rotatable bonds is 6. The number of benzene rings is 1. The summed E-state index contributed by atoms with van der Waals surface area (Å²) >= 11 is 0. The summed E-state index contributed by atoms with van der Waals surface area (Å²) in [5.41, 5.74) is 1.90. The van der Waals surface area contributed by atoms with E-state index in [4.69, 9.17) is 5.11 Å². The molecule has 6 nitrogen and oxygen atoms in total. The molecule has 1 aromatic carbocycles. The Morgan fingerprint density at radius 2 is 2.09 bits per heavy atom. The first-order valence-corrected chi connectivity index (χ1v) is 7.39. The molecule has 2 N–H and O–H groups in total. The molecule has 1 unspecified atom stereocenters. The number of carbonyl (C=O) groups is 3. The molecule has 1 aromatic rings. The van der Waals surface area contributed by atoms with Crippen molar-refractivity contribution in [1.82, 2.24) is 4.90 Å². The van der Waals surface area contributed by atoms with E-state index in [1.54, 1.807) is 6.92 Å². The van der Waals surface area contributed by atoms with Crippen molar-refractivity contribution in [3.05, 3.63) is 29.8 Å². The van der Waals surface area contributed by atoms with Gasteiger partial charge in [-0.05, 0) is 31.4 Å². The van der Waals surface area contributed by atoms with Gasteiger partial charge in [0.05, 0.1) is 0 Å². The third kappa shape index (κ3) is 3.84. The van der Waals surface area contributed by atoms with Crippen molar-refractivity contribution in [3.63, 3.8) is 0 Å². The monoisotopic (exact) mass is 304 g/mol. The highest BCUT2D eigenvalue weighted by molar-refractivity contribution is 5.96. The number of nitrogens with one attached hydrogen (secondary N) is 1. The van der Waals surface area contributed by atoms with Crippen LogP contribution in [0.5, 0.6) is 0 Å². The van der Waals surface area contributed by atoms with Crippen molar-refractivity contribution < 1.29 is 19.5 Å². The highest BCUT2D eigenvalue weighted by atomic mass is 16.4. The second-order valence-corrected chi connectivity index (χ2v) is 5.39. The largest absolute Gasteiger partial charge is 0.480 e. The van der Waals surface area contributed by atoms with E-state index in [2.05, 4.69) is 5.32 Å². The van der Waals surface area contributed by atoms with Gasteiger partial charge in [-0.15, -0.1) is 0 Å². The van der Waals surface area contributed by atoms with Crippen molar-refractivity contribution in [2.24, 2.45) is 5.92 Å². The molecule has 0 bridgehead atoms. The van der Waals surface area contributed by atoms with Crippen molar-refractivity contribution in [2.75, 3.05) is 18.4 Å². The molecule has 0 fully saturated rings. The molecule has 0 radical (unpaired) electrons. The van der Waals surface area contributed by atoms with Gasteiger partial charge in [-0.1, -0.05) is 18.2 Å². The van der Waals surface area contributed by atoms with Crippen LogP contribution in [0, 0.1) is 5.92 Å². The molecule has 2 rings (SSSR count). The Bertz CT molecular complexity index is 585. The molecular weight excluding hydrogens is 284 g/mol. The maximum atomic E-state index is 12.1. The van der Waals surface area contributed by atoms with Crippen LogP contribution in [0.4, 0.5) is 5.69 Å². The van der Waals surface area contributed by atoms with Crippen LogP contribution in [0.3, 0.4) is 0 Å². The molecule has 1 atom stereocenters. The number of hydrogen-bond donors (Lipinski definition) is 2. The van der Waals surface area contributed by atoms with Crippen LogP contribution in [0.15, 0.2) is 24.3 Å². The zero-order valence-electron chi connectivity index (χ0n) is 12.5. The lowest BCUT2D eigenvalue weighted by molar-refractivity contribution is -0.144. The lowest BCUT2D eigenvalue weighted by atomic mass is 9.89. The van der Waals surface area contributed by atoms with Gasteiger partial charge >= 0.3 is 5.97 Å². The predicted octanol–water partition coefficient (Wildman–Crippen LogP) is 1.51. The van der Waals surface area contributed by atoms with Crippen molar-refractivity contribution in [3.8, 4) is 0 Å². The van der Waals surface area contributed by atoms with E-state index in [9.17, 15) is 14.4 Å². The first kappa shape index (κ1) is 16.0. The van der Waals surface area contributed by atoms with Gasteiger partial charge in [0.1, 0.15) is 6.54 Å². The number of amides is 2. The molecule has 1 aliphatic rings. The minimum absolute atomic E-state index is 0.0761. The second kappa shape index (κ2) is 7.06. The molecule has 118 valence electrons. The van der Waals surface area contributed by atoms with E-state index >= 15 is 0 Å². The summed E-state index contributed by atoms with van der Waals surface area (Å²) in [6, 6.07) is 7.62. The Morgan fingerprint density at radius 3 is 2.77 bits per heavy atom. The number of carbonyl (C=O) groups excluding carboxylic acids is 2. The van der Waals surface area contributed by atoms with Crippen molar-refractivity contribution >= 4 is 23.5 Å². The summed E-state index contributed by atoms with van der Waals surface area (Å²) in [4.78, 5) is 36.1. The van der Waals surface area contributed by atoms with E-state index in [1.165, 1.54) is 4.90 Å². The molecule has 2 amide bonds. The number of aliphatic carboxylic acids is 1. The van der Waals surface area contributed by atoms with Gasteiger partial charge in [0.15, 0.2) is 0 Å². The average Bonchev–Trinajstić information content (AvgIpc) is 2.50. The third-order valence-corrected chi connectivity index (χ3v) is 3.88. The van der Waals surface area contributed by atoms with Gasteiger partial charge in [-0.3, -0.25) is 14.4 Å². The SMILES string of the molecule is CCN(CC(=O)O)C(=O)CCC1Cc2ccccc2NC1=O. The molecule has 0 saturated heterocycles. The number of carboxylic acid groups (broad SMARTS) is 1. The minimum atomic E-state index is -1.03. The van der Waals surface area contributed by atoms with Crippen LogP contribution in [-0.4, -0.2) is 40.9 Å². The van der Waals surface area contributed by atoms with Gasteiger partial charge in [0, 0.05) is 24.6 Å². The Labute approximate surface area is 129 Å². The van der Waals surface area contributed by atoms with Gasteiger partial charge < -0.3 is 15.3 Å². The molecule has 0 spiro atoms. The maximum Gasteiger partial charge on any atom is 0.323 e. The van der Waals surface area contributed by atoms with E-state index in [-0.39, 0.29) is 30.7 Å². The van der Waals surface area contributed by atoms with Gasteiger partial charge in [0.2, 0.25) is 11.8 Å². The van der Waals surface area contributed by atoms with Crippen LogP contribution < -0.4 is 5.32 Å². The van der Waals surface area contributed by atoms with Gasteiger partial charge in [0.25, 0.3) is 0 Å². The number of para-hydroxylation sites is 1. The fraction of sp³-hybridized carbons (Fsp3) is 0.438. The van der Waals surface area contributed by atoms with Crippen molar-refractivity contribution in [2.45, 2.75) is 26.2 Å². The maximum absolute atomic E-state index is 12.1. The lowest BCUT2D eigenvalue weighted by Gasteiger charge is -2.25. The molecule has 6 heteroatoms. The smallest absolute Gasteiger partial charge is 0.323 e. The molecule has 1 aliphatic heterocycles. The van der Waals surface area contributed by atoms with E-state index in [1.807, 2.05) is 24.3 Å². The summed E-state index contributed by atoms with van der Waals surface area (Å²) < 4.78 is 0. The zero-order chi connectivity index (χ0) is 16.1. The fourth-order valence-electron chi connectivity index (χ4n) is 2.64. The minimum Gasteiger partial charge on any atom is -0.480 e. The lowest BCUT2D eigenvalue weighted by Crippen LogP contribution is -2.36. The molecule has 0 saturated carbocycles. The van der Waals surface area contributed by atoms with E-state index in [0.717, 1.165) is 11.3 Å². The second-order valence-electron chi connectivity index (χ2n) is 5.39. The summed E-state index contributed by atoms with van der Waals surface area (Å²) in [6.45, 7) is 1.80. The first-order chi connectivity index (χ1) is 10.5. The topological polar surface area (TPSA) is 86.7 Å². The number of nitrogens with zero attached hydrogens (tertiary/aromatic N) is 1. The van der Waals surface area contributed by atoms with Crippen LogP contribution >= 0.6 is 0 Å². The van der Waals surface area contributed by atoms with Crippen LogP contribution in [0.2, 0.25) is 0 Å². The quantitative estimate of drug-likeness (QED) is 0.834. The Morgan fingerprint density at radius 1 is 1.36 bits per heavy atom. The summed E-state index contributed by atoms with van der Waals surface area (Å²) in [5, 5.41) is 11.6.